The predicted octanol–water partition coefficient (Wildman–Crippen LogP) is 2.12. The molecule has 4 rings (SSSR count). The van der Waals surface area contributed by atoms with Gasteiger partial charge in [0, 0.05) is 11.8 Å². The minimum atomic E-state index is -0.836. The fraction of sp³-hybridized carbons (Fsp3) is 0.211. The van der Waals surface area contributed by atoms with E-state index in [-0.39, 0.29) is 5.56 Å². The van der Waals surface area contributed by atoms with E-state index in [0.29, 0.717) is 11.8 Å². The van der Waals surface area contributed by atoms with Crippen LogP contribution in [0.5, 0.6) is 0 Å². The van der Waals surface area contributed by atoms with E-state index in [0.717, 1.165) is 27.1 Å². The summed E-state index contributed by atoms with van der Waals surface area (Å²) in [6.07, 6.45) is 0. The first-order valence-corrected chi connectivity index (χ1v) is 8.81. The number of anilines is 1. The minimum Gasteiger partial charge on any atom is -0.324 e. The number of nitrogens with one attached hydrogen (secondary N) is 2. The molecule has 3 heterocycles. The van der Waals surface area contributed by atoms with E-state index < -0.39 is 11.9 Å². The lowest BCUT2D eigenvalue weighted by Gasteiger charge is -2.14. The van der Waals surface area contributed by atoms with Crippen molar-refractivity contribution in [1.29, 1.82) is 0 Å². The molecule has 9 nitrogen and oxygen atoms in total. The molecular formula is C19H19N7O2. The number of carbonyl (C=O) groups excluding carboxylic acids is 1. The van der Waals surface area contributed by atoms with Gasteiger partial charge in [-0.15, -0.1) is 5.10 Å². The summed E-state index contributed by atoms with van der Waals surface area (Å²) in [5, 5.41) is 11.4. The molecule has 1 atom stereocenters. The van der Waals surface area contributed by atoms with Crippen LogP contribution < -0.4 is 10.9 Å². The van der Waals surface area contributed by atoms with Gasteiger partial charge in [-0.2, -0.15) is 5.10 Å². The molecule has 28 heavy (non-hydrogen) atoms. The van der Waals surface area contributed by atoms with E-state index >= 15 is 0 Å². The Morgan fingerprint density at radius 2 is 1.93 bits per heavy atom. The van der Waals surface area contributed by atoms with Crippen LogP contribution in [-0.2, 0) is 4.79 Å². The third-order valence-corrected chi connectivity index (χ3v) is 4.41. The van der Waals surface area contributed by atoms with Crippen molar-refractivity contribution in [1.82, 2.24) is 29.5 Å². The number of para-hydroxylation sites is 2. The zero-order valence-corrected chi connectivity index (χ0v) is 15.7. The summed E-state index contributed by atoms with van der Waals surface area (Å²) in [6, 6.07) is 11.5. The molecule has 0 spiro atoms. The number of hydrogen-bond acceptors (Lipinski definition) is 5. The van der Waals surface area contributed by atoms with Crippen LogP contribution in [0, 0.1) is 13.8 Å². The van der Waals surface area contributed by atoms with Crippen LogP contribution in [0.3, 0.4) is 0 Å². The third-order valence-electron chi connectivity index (χ3n) is 4.41. The number of aromatic nitrogens is 6. The van der Waals surface area contributed by atoms with Gasteiger partial charge in [-0.05, 0) is 45.0 Å². The molecule has 1 unspecified atom stereocenters. The van der Waals surface area contributed by atoms with Gasteiger partial charge in [-0.3, -0.25) is 14.9 Å². The van der Waals surface area contributed by atoms with Gasteiger partial charge >= 0.3 is 0 Å². The topological polar surface area (TPSA) is 110 Å². The van der Waals surface area contributed by atoms with Crippen LogP contribution in [0.4, 0.5) is 5.95 Å². The summed E-state index contributed by atoms with van der Waals surface area (Å²) in [5.74, 6) is 0.383. The predicted molar refractivity (Wildman–Crippen MR) is 105 cm³/mol. The molecule has 0 saturated heterocycles. The van der Waals surface area contributed by atoms with E-state index in [1.165, 1.54) is 6.07 Å². The quantitative estimate of drug-likeness (QED) is 0.566. The van der Waals surface area contributed by atoms with Crippen LogP contribution in [-0.4, -0.2) is 35.4 Å². The molecule has 9 heteroatoms. The van der Waals surface area contributed by atoms with E-state index in [1.807, 2.05) is 44.2 Å². The number of benzene rings is 1. The van der Waals surface area contributed by atoms with Crippen molar-refractivity contribution in [2.24, 2.45) is 0 Å². The van der Waals surface area contributed by atoms with Gasteiger partial charge in [0.2, 0.25) is 5.95 Å². The molecule has 4 aromatic rings. The maximum absolute atomic E-state index is 12.7. The Morgan fingerprint density at radius 1 is 1.14 bits per heavy atom. The first-order chi connectivity index (χ1) is 13.4. The largest absolute Gasteiger partial charge is 0.324 e. The summed E-state index contributed by atoms with van der Waals surface area (Å²) < 4.78 is 2.78. The maximum Gasteiger partial charge on any atom is 0.267 e. The highest BCUT2D eigenvalue weighted by atomic mass is 16.2. The SMILES string of the molecule is Cc1cc(C)n(-c2ccc(=O)n(C(C)C(=O)Nc3nc4ccccc4[nH]3)n2)n1. The number of imidazole rings is 1. The van der Waals surface area contributed by atoms with Crippen LogP contribution in [0.15, 0.2) is 47.3 Å². The smallest absolute Gasteiger partial charge is 0.267 e. The van der Waals surface area contributed by atoms with Crippen molar-refractivity contribution < 1.29 is 4.79 Å². The second kappa shape index (κ2) is 6.76. The van der Waals surface area contributed by atoms with Crippen LogP contribution in [0.2, 0.25) is 0 Å². The molecule has 1 aromatic carbocycles. The summed E-state index contributed by atoms with van der Waals surface area (Å²) >= 11 is 0. The standard InChI is InChI=1S/C19H19N7O2/c1-11-10-12(2)25(23-11)16-8-9-17(27)26(24-16)13(3)18(28)22-19-20-14-6-4-5-7-15(14)21-19/h4-10,13H,1-3H3,(H2,20,21,22,28). The Labute approximate surface area is 160 Å². The number of carbonyl (C=O) groups is 1. The molecule has 2 N–H and O–H groups in total. The Morgan fingerprint density at radius 3 is 2.64 bits per heavy atom. The lowest BCUT2D eigenvalue weighted by Crippen LogP contribution is -2.34. The molecule has 3 aromatic heterocycles. The number of rotatable bonds is 4. The maximum atomic E-state index is 12.7. The van der Waals surface area contributed by atoms with Crippen molar-refractivity contribution in [3.8, 4) is 5.82 Å². The Bertz CT molecular complexity index is 1200. The van der Waals surface area contributed by atoms with Crippen LogP contribution in [0.25, 0.3) is 16.9 Å². The van der Waals surface area contributed by atoms with E-state index in [9.17, 15) is 9.59 Å². The molecule has 1 amide bonds. The van der Waals surface area contributed by atoms with E-state index in [1.54, 1.807) is 17.7 Å². The van der Waals surface area contributed by atoms with Gasteiger partial charge in [0.25, 0.3) is 11.5 Å². The summed E-state index contributed by atoms with van der Waals surface area (Å²) in [4.78, 5) is 32.3. The number of hydrogen-bond donors (Lipinski definition) is 2. The highest BCUT2D eigenvalue weighted by Gasteiger charge is 2.20. The molecule has 142 valence electrons. The number of aryl methyl sites for hydroxylation is 2. The third kappa shape index (κ3) is 3.18. The molecule has 0 radical (unpaired) electrons. The highest BCUT2D eigenvalue weighted by molar-refractivity contribution is 5.93. The highest BCUT2D eigenvalue weighted by Crippen LogP contribution is 2.15. The normalized spacial score (nSPS) is 12.2. The number of fused-ring (bicyclic) bond motifs is 1. The first kappa shape index (κ1) is 17.7. The second-order valence-corrected chi connectivity index (χ2v) is 6.58. The summed E-state index contributed by atoms with van der Waals surface area (Å²) in [5.41, 5.74) is 2.90. The van der Waals surface area contributed by atoms with Gasteiger partial charge < -0.3 is 4.98 Å². The number of H-pyrrole nitrogens is 1. The van der Waals surface area contributed by atoms with Gasteiger partial charge in [-0.1, -0.05) is 12.1 Å². The zero-order chi connectivity index (χ0) is 19.8. The number of nitrogens with zero attached hydrogens (tertiary/aromatic N) is 5. The number of amides is 1. The average Bonchev–Trinajstić information content (AvgIpc) is 3.23. The van der Waals surface area contributed by atoms with Crippen molar-refractivity contribution >= 4 is 22.9 Å². The monoisotopic (exact) mass is 377 g/mol. The Hall–Kier alpha value is -3.75. The lowest BCUT2D eigenvalue weighted by molar-refractivity contribution is -0.119. The number of aromatic amines is 1. The molecule has 0 aliphatic carbocycles. The fourth-order valence-electron chi connectivity index (χ4n) is 3.01. The van der Waals surface area contributed by atoms with Crippen molar-refractivity contribution in [3.63, 3.8) is 0 Å². The van der Waals surface area contributed by atoms with Crippen LogP contribution in [0.1, 0.15) is 24.4 Å². The Balaban J connectivity index is 1.62. The molecule has 0 fully saturated rings. The van der Waals surface area contributed by atoms with Crippen molar-refractivity contribution in [3.05, 3.63) is 64.2 Å². The molecule has 0 aliphatic rings. The second-order valence-electron chi connectivity index (χ2n) is 6.58. The Kier molecular flexibility index (Phi) is 4.26. The van der Waals surface area contributed by atoms with E-state index in [4.69, 9.17) is 0 Å². The lowest BCUT2D eigenvalue weighted by atomic mass is 10.3. The minimum absolute atomic E-state index is 0.320. The molecule has 0 aliphatic heterocycles. The molecule has 0 bridgehead atoms. The van der Waals surface area contributed by atoms with Gasteiger partial charge in [0.1, 0.15) is 6.04 Å². The first-order valence-electron chi connectivity index (χ1n) is 8.81. The van der Waals surface area contributed by atoms with Crippen molar-refractivity contribution in [2.45, 2.75) is 26.8 Å². The molecule has 0 saturated carbocycles. The van der Waals surface area contributed by atoms with E-state index in [2.05, 4.69) is 25.5 Å². The van der Waals surface area contributed by atoms with Gasteiger partial charge in [-0.25, -0.2) is 14.3 Å². The van der Waals surface area contributed by atoms with Crippen LogP contribution >= 0.6 is 0 Å². The summed E-state index contributed by atoms with van der Waals surface area (Å²) in [7, 11) is 0. The summed E-state index contributed by atoms with van der Waals surface area (Å²) in [6.45, 7) is 5.38. The average molecular weight is 377 g/mol. The van der Waals surface area contributed by atoms with Crippen molar-refractivity contribution in [2.75, 3.05) is 5.32 Å². The molecular weight excluding hydrogens is 358 g/mol. The zero-order valence-electron chi connectivity index (χ0n) is 15.7. The fourth-order valence-corrected chi connectivity index (χ4v) is 3.01. The van der Waals surface area contributed by atoms with Gasteiger partial charge in [0.15, 0.2) is 5.82 Å². The van der Waals surface area contributed by atoms with Gasteiger partial charge in [0.05, 0.1) is 16.7 Å².